The first-order chi connectivity index (χ1) is 21.5. The summed E-state index contributed by atoms with van der Waals surface area (Å²) >= 11 is 0. The molecule has 1 aromatic carbocycles. The zero-order valence-electron chi connectivity index (χ0n) is 27.9. The summed E-state index contributed by atoms with van der Waals surface area (Å²) in [6, 6.07) is 20.2. The number of aromatic nitrogens is 7. The third kappa shape index (κ3) is 8.73. The molecule has 5 aromatic heterocycles. The van der Waals surface area contributed by atoms with Gasteiger partial charge in [0.1, 0.15) is 5.75 Å². The van der Waals surface area contributed by atoms with Crippen LogP contribution in [0.15, 0.2) is 73.2 Å². The van der Waals surface area contributed by atoms with Gasteiger partial charge in [0.25, 0.3) is 0 Å². The molecular weight excluding hydrogens is 751 g/mol. The van der Waals surface area contributed by atoms with Crippen LogP contribution in [-0.2, 0) is 19.8 Å². The average molecular weight is 792 g/mol. The smallest absolute Gasteiger partial charge is 0.497 e. The van der Waals surface area contributed by atoms with Crippen LogP contribution in [0, 0.1) is 61.5 Å². The molecule has 0 aliphatic heterocycles. The Labute approximate surface area is 285 Å². The number of rotatable bonds is 4. The van der Waals surface area contributed by atoms with Crippen LogP contribution in [0.1, 0.15) is 45.0 Å². The van der Waals surface area contributed by atoms with Gasteiger partial charge in [0.15, 0.2) is 11.6 Å². The number of ether oxygens (including phenoxy) is 1. The van der Waals surface area contributed by atoms with Gasteiger partial charge < -0.3 is 15.5 Å². The van der Waals surface area contributed by atoms with Gasteiger partial charge in [-0.3, -0.25) is 0 Å². The summed E-state index contributed by atoms with van der Waals surface area (Å²) in [5.41, 5.74) is 17.4. The average Bonchev–Trinajstić information content (AvgIpc) is 3.45. The van der Waals surface area contributed by atoms with E-state index in [1.165, 1.54) is 22.3 Å². The van der Waals surface area contributed by atoms with Crippen LogP contribution >= 0.6 is 0 Å². The molecule has 2 N–H and O–H groups in total. The molecule has 0 atom stereocenters. The molecule has 0 saturated carbocycles. The van der Waals surface area contributed by atoms with Crippen LogP contribution < -0.4 is 10.5 Å². The van der Waals surface area contributed by atoms with E-state index in [2.05, 4.69) is 72.8 Å². The van der Waals surface area contributed by atoms with Crippen molar-refractivity contribution in [2.24, 2.45) is 0 Å². The van der Waals surface area contributed by atoms with Gasteiger partial charge >= 0.3 is 19.8 Å². The first-order valence-electron chi connectivity index (χ1n) is 14.7. The number of nitrogen functional groups attached to an aromatic ring is 1. The van der Waals surface area contributed by atoms with Crippen LogP contribution in [0.3, 0.4) is 0 Å². The van der Waals surface area contributed by atoms with E-state index in [9.17, 15) is 0 Å². The summed E-state index contributed by atoms with van der Waals surface area (Å²) in [5, 5.41) is 8.95. The molecule has 0 unspecified atom stereocenters. The topological polar surface area (TPSA) is 110 Å². The van der Waals surface area contributed by atoms with Crippen LogP contribution in [0.25, 0.3) is 22.9 Å². The maximum absolute atomic E-state index is 5.69. The Bertz CT molecular complexity index is 1820. The zero-order chi connectivity index (χ0) is 32.7. The van der Waals surface area contributed by atoms with Crippen LogP contribution in [0.2, 0.25) is 0 Å². The normalized spacial score (nSPS) is 10.2. The third-order valence-electron chi connectivity index (χ3n) is 7.61. The Morgan fingerprint density at radius 3 is 1.57 bits per heavy atom. The number of pyridine rings is 3. The van der Waals surface area contributed by atoms with E-state index in [1.54, 1.807) is 31.5 Å². The zero-order valence-corrected chi connectivity index (χ0v) is 30.4. The van der Waals surface area contributed by atoms with Gasteiger partial charge in [-0.15, -0.1) is 29.8 Å². The Morgan fingerprint density at radius 1 is 0.652 bits per heavy atom. The molecule has 0 aliphatic rings. The molecule has 0 aliphatic carbocycles. The maximum Gasteiger partial charge on any atom is 1.00 e. The molecule has 0 amide bonds. The van der Waals surface area contributed by atoms with Crippen molar-refractivity contribution >= 4 is 5.69 Å². The van der Waals surface area contributed by atoms with E-state index >= 15 is 0 Å². The number of hydrogen-bond donors (Lipinski definition) is 1. The minimum atomic E-state index is 0. The van der Waals surface area contributed by atoms with Crippen molar-refractivity contribution < 1.29 is 24.5 Å². The van der Waals surface area contributed by atoms with Crippen molar-refractivity contribution in [1.82, 2.24) is 34.5 Å². The van der Waals surface area contributed by atoms with Crippen molar-refractivity contribution in [3.05, 3.63) is 124 Å². The molecule has 6 aromatic rings. The summed E-state index contributed by atoms with van der Waals surface area (Å²) in [5.74, 6) is 2.56. The largest absolute Gasteiger partial charge is 1.00 e. The number of aryl methyl sites for hydroxylation is 4. The molecule has 10 heteroatoms. The Balaban J connectivity index is 0.000000186. The van der Waals surface area contributed by atoms with E-state index in [1.807, 2.05) is 72.0 Å². The Hall–Kier alpha value is -4.67. The summed E-state index contributed by atoms with van der Waals surface area (Å²) in [7, 11) is 1.63. The molecule has 1 radical (unpaired) electrons. The summed E-state index contributed by atoms with van der Waals surface area (Å²) in [6.45, 7) is 16.5. The molecule has 46 heavy (non-hydrogen) atoms. The van der Waals surface area contributed by atoms with Crippen molar-refractivity contribution in [2.45, 2.75) is 55.4 Å². The van der Waals surface area contributed by atoms with Gasteiger partial charge in [-0.1, -0.05) is 5.69 Å². The van der Waals surface area contributed by atoms with Crippen molar-refractivity contribution in [2.75, 3.05) is 12.8 Å². The van der Waals surface area contributed by atoms with Gasteiger partial charge in [0.05, 0.1) is 18.5 Å². The monoisotopic (exact) mass is 793 g/mol. The van der Waals surface area contributed by atoms with Crippen LogP contribution in [0.4, 0.5) is 5.69 Å². The summed E-state index contributed by atoms with van der Waals surface area (Å²) in [6.07, 6.45) is 5.33. The molecule has 0 fully saturated rings. The Morgan fingerprint density at radius 2 is 1.15 bits per heavy atom. The molecule has 0 bridgehead atoms. The van der Waals surface area contributed by atoms with Gasteiger partial charge in [-0.25, -0.2) is 19.3 Å². The molecule has 6 rings (SSSR count). The van der Waals surface area contributed by atoms with Crippen molar-refractivity contribution in [1.29, 1.82) is 0 Å². The Kier molecular flexibility index (Phi) is 12.5. The second-order valence-corrected chi connectivity index (χ2v) is 10.9. The third-order valence-corrected chi connectivity index (χ3v) is 7.61. The summed E-state index contributed by atoms with van der Waals surface area (Å²) < 4.78 is 8.92. The van der Waals surface area contributed by atoms with Gasteiger partial charge in [0.2, 0.25) is 0 Å². The quantitative estimate of drug-likeness (QED) is 0.149. The standard InChI is InChI=1S/2C12H15N3.C12H11N2O.Os/c2*1-8-5-6-13-12(7-8)15-11(4)9(2)10(3)14-15;1-15-11-5-6-14-12(8-11)9-3-2-4-10(13)7-9;/h2*5-7H,1-4H3;2,4-8H,13H2,1H3;/q;;-1;+1. The van der Waals surface area contributed by atoms with E-state index in [4.69, 9.17) is 10.5 Å². The maximum atomic E-state index is 5.69. The fourth-order valence-corrected chi connectivity index (χ4v) is 4.48. The van der Waals surface area contributed by atoms with Crippen LogP contribution in [-0.4, -0.2) is 41.6 Å². The fourth-order valence-electron chi connectivity index (χ4n) is 4.48. The second-order valence-electron chi connectivity index (χ2n) is 10.9. The minimum Gasteiger partial charge on any atom is -0.497 e. The minimum absolute atomic E-state index is 0. The predicted molar refractivity (Wildman–Crippen MR) is 180 cm³/mol. The number of nitrogens with two attached hydrogens (primary N) is 1. The molecular formula is C36H41N8OOs. The number of anilines is 1. The van der Waals surface area contributed by atoms with E-state index in [0.29, 0.717) is 5.69 Å². The molecule has 5 heterocycles. The van der Waals surface area contributed by atoms with Crippen molar-refractivity contribution in [3.63, 3.8) is 0 Å². The van der Waals surface area contributed by atoms with Crippen LogP contribution in [0.5, 0.6) is 5.75 Å². The van der Waals surface area contributed by atoms with Gasteiger partial charge in [0, 0.05) is 30.0 Å². The van der Waals surface area contributed by atoms with Gasteiger partial charge in [-0.05, 0) is 120 Å². The number of nitrogens with zero attached hydrogens (tertiary/aromatic N) is 7. The molecule has 239 valence electrons. The van der Waals surface area contributed by atoms with Gasteiger partial charge in [-0.2, -0.15) is 10.2 Å². The summed E-state index contributed by atoms with van der Waals surface area (Å²) in [4.78, 5) is 12.9. The SMILES string of the molecule is COc1ccnc(-c2[c-]ccc(N)c2)c1.Cc1ccnc(-n2nc(C)c(C)c2C)c1.Cc1ccnc(-n2nc(C)c(C)c2C)c1.[Os+]. The van der Waals surface area contributed by atoms with E-state index < -0.39 is 0 Å². The van der Waals surface area contributed by atoms with E-state index in [-0.39, 0.29) is 19.8 Å². The first-order valence-corrected chi connectivity index (χ1v) is 14.7. The fraction of sp³-hybridized carbons (Fsp3) is 0.250. The molecule has 0 spiro atoms. The molecule has 9 nitrogen and oxygen atoms in total. The van der Waals surface area contributed by atoms with Crippen molar-refractivity contribution in [3.8, 4) is 28.6 Å². The van der Waals surface area contributed by atoms with E-state index in [0.717, 1.165) is 51.4 Å². The second kappa shape index (κ2) is 16.1. The molecule has 0 saturated heterocycles. The predicted octanol–water partition coefficient (Wildman–Crippen LogP) is 7.14. The number of benzene rings is 1. The first kappa shape index (κ1) is 35.8. The number of methoxy groups -OCH3 is 1. The number of hydrogen-bond acceptors (Lipinski definition) is 7.